The van der Waals surface area contributed by atoms with Gasteiger partial charge in [-0.05, 0) is 45.2 Å². The van der Waals surface area contributed by atoms with Crippen LogP contribution in [0.3, 0.4) is 0 Å². The third kappa shape index (κ3) is 5.98. The summed E-state index contributed by atoms with van der Waals surface area (Å²) in [5.41, 5.74) is -2.79. The Balaban J connectivity index is 2.45. The van der Waals surface area contributed by atoms with Crippen molar-refractivity contribution >= 4 is 45.5 Å². The van der Waals surface area contributed by atoms with Gasteiger partial charge in [0.25, 0.3) is 0 Å². The van der Waals surface area contributed by atoms with Gasteiger partial charge in [0, 0.05) is 35.9 Å². The number of fused-ring (bicyclic) bond motifs is 1. The molecule has 1 amide bonds. The van der Waals surface area contributed by atoms with Gasteiger partial charge in [0.15, 0.2) is 0 Å². The first-order chi connectivity index (χ1) is 19.8. The Morgan fingerprint density at radius 3 is 2.94 bits per heavy atom. The first kappa shape index (κ1) is 13.8. The number of hydrogen-bond donors (Lipinski definition) is 2. The average molecular weight is 478 g/mol. The lowest BCUT2D eigenvalue weighted by molar-refractivity contribution is -0.111. The van der Waals surface area contributed by atoms with Crippen molar-refractivity contribution in [2.75, 3.05) is 37.8 Å². The molecular weight excluding hydrogens is 445 g/mol. The Labute approximate surface area is 210 Å². The molecule has 0 saturated heterocycles. The fourth-order valence-electron chi connectivity index (χ4n) is 2.48. The van der Waals surface area contributed by atoms with Gasteiger partial charge in [0.1, 0.15) is 17.6 Å². The third-order valence-electron chi connectivity index (χ3n) is 3.85. The first-order valence-electron chi connectivity index (χ1n) is 14.2. The number of carbonyl (C=O) groups excluding carboxylic acids is 1. The van der Waals surface area contributed by atoms with Crippen LogP contribution >= 0.6 is 11.6 Å². The summed E-state index contributed by atoms with van der Waals surface area (Å²) in [4.78, 5) is 18.4. The maximum atomic E-state index is 14.2. The molecule has 3 rings (SSSR count). The molecule has 0 unspecified atom stereocenters. The largest absolute Gasteiger partial charge is 0.492 e. The summed E-state index contributed by atoms with van der Waals surface area (Å²) >= 11 is 5.83. The number of amides is 1. The lowest BCUT2D eigenvalue weighted by Crippen LogP contribution is -2.13. The molecular formula is C24H23ClFN5O2. The number of halogens is 2. The highest BCUT2D eigenvalue weighted by Gasteiger charge is 2.15. The number of pyridine rings is 1. The Bertz CT molecular complexity index is 1710. The number of ether oxygens (including phenoxy) is 1. The van der Waals surface area contributed by atoms with E-state index in [2.05, 4.69) is 15.6 Å². The van der Waals surface area contributed by atoms with E-state index in [-0.39, 0.29) is 6.54 Å². The normalized spacial score (nSPS) is 16.4. The van der Waals surface area contributed by atoms with Crippen LogP contribution in [0.1, 0.15) is 26.2 Å². The zero-order valence-corrected chi connectivity index (χ0v) is 18.4. The van der Waals surface area contributed by atoms with Crippen molar-refractivity contribution in [2.24, 2.45) is 0 Å². The second kappa shape index (κ2) is 10.8. The van der Waals surface area contributed by atoms with Crippen molar-refractivity contribution in [2.45, 2.75) is 6.92 Å². The molecule has 1 heterocycles. The van der Waals surface area contributed by atoms with Gasteiger partial charge in [0.05, 0.1) is 47.7 Å². The molecule has 9 heteroatoms. The summed E-state index contributed by atoms with van der Waals surface area (Å²) in [6, 6.07) is -3.69. The number of anilines is 3. The van der Waals surface area contributed by atoms with E-state index in [0.717, 1.165) is 6.92 Å². The molecule has 33 heavy (non-hydrogen) atoms. The van der Waals surface area contributed by atoms with Crippen LogP contribution in [0.4, 0.5) is 21.5 Å². The van der Waals surface area contributed by atoms with Gasteiger partial charge >= 0.3 is 0 Å². The van der Waals surface area contributed by atoms with E-state index in [1.165, 1.54) is 4.90 Å². The molecule has 0 aliphatic rings. The molecule has 0 bridgehead atoms. The van der Waals surface area contributed by atoms with Crippen molar-refractivity contribution in [3.8, 4) is 11.8 Å². The van der Waals surface area contributed by atoms with Crippen LogP contribution in [0.2, 0.25) is 5.02 Å². The van der Waals surface area contributed by atoms with E-state index < -0.39 is 111 Å². The van der Waals surface area contributed by atoms with Gasteiger partial charge < -0.3 is 20.3 Å². The van der Waals surface area contributed by atoms with Crippen molar-refractivity contribution in [3.05, 3.63) is 64.9 Å². The average Bonchev–Trinajstić information content (AvgIpc) is 2.91. The number of hydrogen-bond acceptors (Lipinski definition) is 6. The fraction of sp³-hybridized carbons (Fsp3) is 0.208. The van der Waals surface area contributed by atoms with Gasteiger partial charge in [-0.3, -0.25) is 9.78 Å². The van der Waals surface area contributed by atoms with Gasteiger partial charge in [-0.2, -0.15) is 5.26 Å². The molecule has 0 saturated carbocycles. The second-order valence-electron chi connectivity index (χ2n) is 6.57. The summed E-state index contributed by atoms with van der Waals surface area (Å²) in [7, 11) is 3.20. The number of nitrogens with zero attached hydrogens (tertiary/aromatic N) is 3. The van der Waals surface area contributed by atoms with Crippen molar-refractivity contribution in [3.63, 3.8) is 0 Å². The molecule has 2 aromatic carbocycles. The van der Waals surface area contributed by atoms with Crippen LogP contribution in [0, 0.1) is 17.1 Å². The van der Waals surface area contributed by atoms with E-state index in [9.17, 15) is 14.4 Å². The molecule has 0 aliphatic carbocycles. The molecule has 1 aromatic heterocycles. The first-order valence-corrected chi connectivity index (χ1v) is 9.60. The quantitative estimate of drug-likeness (QED) is 0.439. The maximum absolute atomic E-state index is 14.2. The summed E-state index contributed by atoms with van der Waals surface area (Å²) in [6.07, 6.45) is -0.746. The van der Waals surface area contributed by atoms with Crippen LogP contribution in [-0.2, 0) is 4.79 Å². The number of nitrogens with one attached hydrogen (secondary N) is 2. The molecule has 3 aromatic rings. The van der Waals surface area contributed by atoms with Crippen LogP contribution in [-0.4, -0.2) is 43.0 Å². The van der Waals surface area contributed by atoms with E-state index in [4.69, 9.17) is 30.0 Å². The highest BCUT2D eigenvalue weighted by Crippen LogP contribution is 2.36. The van der Waals surface area contributed by atoms with Crippen LogP contribution < -0.4 is 15.4 Å². The minimum absolute atomic E-state index is 0.0960. The highest BCUT2D eigenvalue weighted by molar-refractivity contribution is 6.31. The summed E-state index contributed by atoms with van der Waals surface area (Å²) in [6.45, 7) is -1.60. The fourth-order valence-corrected chi connectivity index (χ4v) is 2.62. The van der Waals surface area contributed by atoms with E-state index >= 15 is 0 Å². The van der Waals surface area contributed by atoms with Gasteiger partial charge in [-0.25, -0.2) is 4.39 Å². The monoisotopic (exact) mass is 477 g/mol. The van der Waals surface area contributed by atoms with E-state index in [1.54, 1.807) is 20.2 Å². The van der Waals surface area contributed by atoms with Crippen LogP contribution in [0.15, 0.2) is 48.5 Å². The maximum Gasteiger partial charge on any atom is 0.248 e. The Morgan fingerprint density at radius 1 is 1.45 bits per heavy atom. The molecule has 2 N–H and O–H groups in total. The SMILES string of the molecule is [2H]/C(CN(C)C)=C(/[2H])C(=O)Nc1c(OC([2H])([2H])C)c([2H])c2nc([2H])c(C#N)c(Nc3c([2H])c([2H])c(F)c(Cl)c3[2H])c2c1[2H]. The number of rotatable bonds is 8. The minimum atomic E-state index is -2.48. The summed E-state index contributed by atoms with van der Waals surface area (Å²) in [5, 5.41) is 13.3. The van der Waals surface area contributed by atoms with Gasteiger partial charge in [-0.15, -0.1) is 0 Å². The molecule has 0 aliphatic heterocycles. The zero-order chi connectivity index (χ0) is 32.7. The smallest absolute Gasteiger partial charge is 0.248 e. The van der Waals surface area contributed by atoms with Crippen molar-refractivity contribution in [1.82, 2.24) is 9.88 Å². The molecule has 0 atom stereocenters. The predicted octanol–water partition coefficient (Wildman–Crippen LogP) is 5.10. The van der Waals surface area contributed by atoms with E-state index in [1.807, 2.05) is 0 Å². The van der Waals surface area contributed by atoms with Crippen LogP contribution in [0.5, 0.6) is 5.75 Å². The van der Waals surface area contributed by atoms with Gasteiger partial charge in [-0.1, -0.05) is 17.7 Å². The summed E-state index contributed by atoms with van der Waals surface area (Å²) < 4.78 is 101. The third-order valence-corrected chi connectivity index (χ3v) is 4.11. The molecule has 170 valence electrons. The predicted molar refractivity (Wildman–Crippen MR) is 129 cm³/mol. The number of carbonyl (C=O) groups is 1. The molecule has 0 radical (unpaired) electrons. The Hall–Kier alpha value is -3.67. The molecule has 0 spiro atoms. The highest BCUT2D eigenvalue weighted by atomic mass is 35.5. The van der Waals surface area contributed by atoms with E-state index in [0.29, 0.717) is 0 Å². The topological polar surface area (TPSA) is 90.3 Å². The lowest BCUT2D eigenvalue weighted by Gasteiger charge is -2.16. The Kier molecular flexibility index (Phi) is 4.50. The number of likely N-dealkylation sites (N-methyl/N-ethyl adjacent to an activating group) is 1. The van der Waals surface area contributed by atoms with Gasteiger partial charge in [0.2, 0.25) is 5.91 Å². The molecule has 0 fully saturated rings. The second-order valence-corrected chi connectivity index (χ2v) is 6.94. The lowest BCUT2D eigenvalue weighted by atomic mass is 10.1. The standard InChI is InChI=1S/C24H23ClFN5O2/c1-4-33-22-12-20-17(11-21(22)30-23(32)6-5-9-31(2)3)24(15(13-27)14-28-20)29-16-7-8-19(26)18(25)10-16/h5-8,10-12,14H,4,9H2,1-3H3,(H,28,29)(H,30,32)/b6-5+/i4D2,5D,6D,7D,8D,10D,11D,12D,14D. The van der Waals surface area contributed by atoms with Crippen molar-refractivity contribution in [1.29, 1.82) is 5.26 Å². The number of nitriles is 1. The molecule has 7 nitrogen and oxygen atoms in total. The minimum Gasteiger partial charge on any atom is -0.492 e. The Morgan fingerprint density at radius 2 is 2.24 bits per heavy atom. The van der Waals surface area contributed by atoms with Crippen LogP contribution in [0.25, 0.3) is 10.9 Å². The zero-order valence-electron chi connectivity index (χ0n) is 27.6. The number of benzene rings is 2. The summed E-state index contributed by atoms with van der Waals surface area (Å²) in [5.74, 6) is -3.28. The van der Waals surface area contributed by atoms with Crippen molar-refractivity contribution < 1.29 is 27.6 Å². The number of aromatic nitrogens is 1.